The first kappa shape index (κ1) is 21.6. The van der Waals surface area contributed by atoms with Crippen LogP contribution in [0.2, 0.25) is 0 Å². The van der Waals surface area contributed by atoms with Gasteiger partial charge in [-0.05, 0) is 55.0 Å². The smallest absolute Gasteiger partial charge is 0.248 e. The van der Waals surface area contributed by atoms with E-state index in [0.717, 1.165) is 5.56 Å². The van der Waals surface area contributed by atoms with Crippen LogP contribution >= 0.6 is 0 Å². The van der Waals surface area contributed by atoms with Gasteiger partial charge in [-0.3, -0.25) is 9.44 Å². The average molecular weight is 456 g/mol. The topological polar surface area (TPSA) is 109 Å². The summed E-state index contributed by atoms with van der Waals surface area (Å²) in [5.41, 5.74) is 9.86. The lowest BCUT2D eigenvalue weighted by molar-refractivity contribution is -0.114. The normalized spacial score (nSPS) is 18.0. The molecule has 0 bridgehead atoms. The predicted molar refractivity (Wildman–Crippen MR) is 127 cm³/mol. The maximum atomic E-state index is 13.9. The number of aryl methyl sites for hydroxylation is 1. The second kappa shape index (κ2) is 7.98. The Labute approximate surface area is 194 Å². The molecule has 0 fully saturated rings. The largest absolute Gasteiger partial charge is 0.621 e. The number of hydrogen-bond donors (Lipinski definition) is 1. The van der Waals surface area contributed by atoms with Crippen molar-refractivity contribution in [3.63, 3.8) is 0 Å². The molecule has 1 aromatic carbocycles. The summed E-state index contributed by atoms with van der Waals surface area (Å²) in [6.45, 7) is 3.34. The van der Waals surface area contributed by atoms with E-state index in [-0.39, 0.29) is 18.2 Å². The van der Waals surface area contributed by atoms with Crippen LogP contribution in [0.5, 0.6) is 0 Å². The van der Waals surface area contributed by atoms with Gasteiger partial charge < -0.3 is 10.9 Å². The molecule has 1 amide bonds. The third-order valence-electron chi connectivity index (χ3n) is 6.00. The maximum Gasteiger partial charge on any atom is 0.248 e. The van der Waals surface area contributed by atoms with E-state index < -0.39 is 10.6 Å². The monoisotopic (exact) mass is 456 g/mol. The molecule has 4 heterocycles. The van der Waals surface area contributed by atoms with Crippen molar-refractivity contribution in [1.29, 1.82) is 0 Å². The minimum absolute atomic E-state index is 0.00746. The molecule has 1 aliphatic heterocycles. The van der Waals surface area contributed by atoms with Crippen LogP contribution in [0, 0.1) is 17.9 Å². The van der Waals surface area contributed by atoms with Gasteiger partial charge in [0.2, 0.25) is 11.7 Å². The number of amides is 1. The number of rotatable bonds is 4. The molecule has 1 unspecified atom stereocenters. The molecule has 4 aromatic rings. The fourth-order valence-electron chi connectivity index (χ4n) is 4.11. The molecule has 170 valence electrons. The third-order valence-corrected chi connectivity index (χ3v) is 6.00. The lowest BCUT2D eigenvalue weighted by atomic mass is 10.0. The highest BCUT2D eigenvalue weighted by Gasteiger charge is 2.29. The minimum atomic E-state index is -0.847. The summed E-state index contributed by atoms with van der Waals surface area (Å²) in [7, 11) is 0. The minimum Gasteiger partial charge on any atom is -0.621 e. The summed E-state index contributed by atoms with van der Waals surface area (Å²) in [4.78, 5) is 20.6. The second-order valence-corrected chi connectivity index (χ2v) is 8.20. The summed E-state index contributed by atoms with van der Waals surface area (Å²) in [6.07, 6.45) is 6.23. The first-order valence-corrected chi connectivity index (χ1v) is 10.6. The molecule has 2 N–H and O–H groups in total. The number of hydroxylamine groups is 2. The summed E-state index contributed by atoms with van der Waals surface area (Å²) in [6, 6.07) is 11.9. The van der Waals surface area contributed by atoms with Gasteiger partial charge in [0.1, 0.15) is 23.8 Å². The molecule has 0 radical (unpaired) electrons. The molecule has 0 aliphatic carbocycles. The Morgan fingerprint density at radius 2 is 1.97 bits per heavy atom. The van der Waals surface area contributed by atoms with Gasteiger partial charge in [-0.25, -0.2) is 18.9 Å². The van der Waals surface area contributed by atoms with Crippen LogP contribution in [0.15, 0.2) is 78.3 Å². The molecule has 0 spiro atoms. The highest BCUT2D eigenvalue weighted by molar-refractivity contribution is 5.95. The van der Waals surface area contributed by atoms with E-state index in [2.05, 4.69) is 10.1 Å². The first-order chi connectivity index (χ1) is 16.3. The number of quaternary nitrogens is 1. The number of primary amides is 1. The molecule has 1 atom stereocenters. The Bertz CT molecular complexity index is 1520. The molecule has 9 heteroatoms. The highest BCUT2D eigenvalue weighted by atomic mass is 19.1. The molecule has 0 saturated carbocycles. The molecule has 34 heavy (non-hydrogen) atoms. The fourth-order valence-corrected chi connectivity index (χ4v) is 4.11. The zero-order chi connectivity index (χ0) is 24.0. The number of nitrogens with two attached hydrogens (primary N) is 1. The highest BCUT2D eigenvalue weighted by Crippen LogP contribution is 2.36. The zero-order valence-electron chi connectivity index (χ0n) is 18.6. The van der Waals surface area contributed by atoms with Gasteiger partial charge in [0, 0.05) is 48.2 Å². The predicted octanol–water partition coefficient (Wildman–Crippen LogP) is 4.04. The number of benzene rings is 1. The first-order valence-electron chi connectivity index (χ1n) is 10.6. The van der Waals surface area contributed by atoms with E-state index in [1.165, 1.54) is 18.2 Å². The lowest BCUT2D eigenvalue weighted by Crippen LogP contribution is -2.44. The number of imidazole rings is 1. The van der Waals surface area contributed by atoms with Crippen molar-refractivity contribution >= 4 is 17.4 Å². The van der Waals surface area contributed by atoms with Gasteiger partial charge in [0.25, 0.3) is 0 Å². The van der Waals surface area contributed by atoms with E-state index >= 15 is 0 Å². The number of aromatic nitrogens is 4. The summed E-state index contributed by atoms with van der Waals surface area (Å²) >= 11 is 0. The zero-order valence-corrected chi connectivity index (χ0v) is 18.6. The number of allylic oxidation sites excluding steroid dienone is 1. The quantitative estimate of drug-likeness (QED) is 0.368. The molecule has 0 saturated heterocycles. The van der Waals surface area contributed by atoms with Crippen LogP contribution in [-0.4, -0.2) is 32.0 Å². The molecule has 8 nitrogen and oxygen atoms in total. The number of fused-ring (bicyclic) bond motifs is 1. The van der Waals surface area contributed by atoms with Crippen molar-refractivity contribution in [1.82, 2.24) is 24.2 Å². The van der Waals surface area contributed by atoms with Crippen LogP contribution in [0.1, 0.15) is 12.5 Å². The SMILES string of the molecule is CC1=CC(C(N)=O)=CC[N+]1([O-])c1cc(-c2c(-c3ccc(F)c(C)c3)nc3cccnn23)ccn1. The Hall–Kier alpha value is -4.21. The molecular weight excluding hydrogens is 435 g/mol. The fraction of sp³-hybridized carbons (Fsp3) is 0.120. The van der Waals surface area contributed by atoms with Gasteiger partial charge in [-0.2, -0.15) is 5.10 Å². The van der Waals surface area contributed by atoms with E-state index in [1.807, 2.05) is 6.07 Å². The molecular formula is C25H21FN6O2. The van der Waals surface area contributed by atoms with Crippen LogP contribution in [0.25, 0.3) is 28.2 Å². The maximum absolute atomic E-state index is 13.9. The van der Waals surface area contributed by atoms with Crippen molar-refractivity contribution < 1.29 is 9.18 Å². The van der Waals surface area contributed by atoms with E-state index in [1.54, 1.807) is 61.1 Å². The Morgan fingerprint density at radius 1 is 1.15 bits per heavy atom. The summed E-state index contributed by atoms with van der Waals surface area (Å²) < 4.78 is 14.8. The van der Waals surface area contributed by atoms with Crippen LogP contribution in [0.3, 0.4) is 0 Å². The average Bonchev–Trinajstić information content (AvgIpc) is 3.22. The van der Waals surface area contributed by atoms with E-state index in [0.29, 0.717) is 39.4 Å². The Morgan fingerprint density at radius 3 is 2.71 bits per heavy atom. The number of carbonyl (C=O) groups is 1. The van der Waals surface area contributed by atoms with Gasteiger partial charge in [0.05, 0.1) is 5.69 Å². The van der Waals surface area contributed by atoms with Crippen molar-refractivity contribution in [2.45, 2.75) is 13.8 Å². The number of carbonyl (C=O) groups excluding carboxylic acids is 1. The van der Waals surface area contributed by atoms with Crippen molar-refractivity contribution in [3.8, 4) is 22.5 Å². The van der Waals surface area contributed by atoms with E-state index in [9.17, 15) is 14.4 Å². The molecule has 1 aliphatic rings. The lowest BCUT2D eigenvalue weighted by Gasteiger charge is -2.42. The Balaban J connectivity index is 1.68. The number of hydrogen-bond acceptors (Lipinski definition) is 5. The van der Waals surface area contributed by atoms with Gasteiger partial charge in [0.15, 0.2) is 5.65 Å². The molecule has 5 rings (SSSR count). The van der Waals surface area contributed by atoms with Crippen LogP contribution < -0.4 is 10.4 Å². The number of pyridine rings is 1. The van der Waals surface area contributed by atoms with E-state index in [4.69, 9.17) is 10.7 Å². The molecule has 3 aromatic heterocycles. The van der Waals surface area contributed by atoms with Gasteiger partial charge >= 0.3 is 0 Å². The number of nitrogens with zero attached hydrogens (tertiary/aromatic N) is 5. The summed E-state index contributed by atoms with van der Waals surface area (Å²) in [5.74, 6) is -0.631. The van der Waals surface area contributed by atoms with Crippen molar-refractivity contribution in [2.24, 2.45) is 5.73 Å². The van der Waals surface area contributed by atoms with Crippen LogP contribution in [0.4, 0.5) is 10.2 Å². The van der Waals surface area contributed by atoms with Crippen LogP contribution in [-0.2, 0) is 4.79 Å². The van der Waals surface area contributed by atoms with Gasteiger partial charge in [-0.15, -0.1) is 0 Å². The van der Waals surface area contributed by atoms with Crippen molar-refractivity contribution in [2.75, 3.05) is 6.54 Å². The Kier molecular flexibility index (Phi) is 5.07. The summed E-state index contributed by atoms with van der Waals surface area (Å²) in [5, 5.41) is 18.2. The van der Waals surface area contributed by atoms with Crippen molar-refractivity contribution in [3.05, 3.63) is 94.9 Å². The second-order valence-electron chi connectivity index (χ2n) is 8.20. The van der Waals surface area contributed by atoms with Gasteiger partial charge in [-0.1, -0.05) is 0 Å². The third kappa shape index (κ3) is 3.47. The number of halogens is 1. The standard InChI is InChI=1S/C25H21FN6O2/c1-15-12-17(5-6-20(15)26)23-24(31-21(30-23)4-3-9-29-31)18-7-10-28-22(14-18)32(34)11-8-19(25(27)33)13-16(32)2/h3-10,12-14H,11H2,1-2H3,(H2,27,33).